The Kier molecular flexibility index (Phi) is 6.81. The minimum absolute atomic E-state index is 0.0115. The molecule has 13 heteroatoms. The van der Waals surface area contributed by atoms with Crippen LogP contribution in [0.2, 0.25) is 0 Å². The monoisotopic (exact) mass is 548 g/mol. The zero-order chi connectivity index (χ0) is 28.2. The van der Waals surface area contributed by atoms with Crippen molar-refractivity contribution in [3.63, 3.8) is 0 Å². The number of aromatic nitrogens is 4. The van der Waals surface area contributed by atoms with E-state index in [9.17, 15) is 22.8 Å². The predicted molar refractivity (Wildman–Crippen MR) is 134 cm³/mol. The van der Waals surface area contributed by atoms with Gasteiger partial charge in [-0.25, -0.2) is 19.3 Å². The van der Waals surface area contributed by atoms with Crippen molar-refractivity contribution in [1.29, 1.82) is 0 Å². The third-order valence-electron chi connectivity index (χ3n) is 6.89. The van der Waals surface area contributed by atoms with Crippen LogP contribution in [0.4, 0.5) is 23.4 Å². The molecule has 3 unspecified atom stereocenters. The molecular weight excluding hydrogens is 520 g/mol. The highest BCUT2D eigenvalue weighted by Crippen LogP contribution is 2.37. The second-order valence-electron chi connectivity index (χ2n) is 10.2. The van der Waals surface area contributed by atoms with Gasteiger partial charge < -0.3 is 15.0 Å². The van der Waals surface area contributed by atoms with E-state index in [4.69, 9.17) is 4.74 Å². The second-order valence-corrected chi connectivity index (χ2v) is 10.2. The van der Waals surface area contributed by atoms with E-state index in [1.54, 1.807) is 11.8 Å². The number of anilines is 1. The molecule has 5 rings (SSSR count). The molecule has 208 valence electrons. The van der Waals surface area contributed by atoms with Crippen LogP contribution in [0, 0.1) is 12.7 Å². The van der Waals surface area contributed by atoms with Crippen LogP contribution < -0.4 is 10.9 Å². The Bertz CT molecular complexity index is 1490. The van der Waals surface area contributed by atoms with Gasteiger partial charge in [0.2, 0.25) is 0 Å². The number of amides is 1. The first kappa shape index (κ1) is 27.0. The fraction of sp³-hybridized carbons (Fsp3) is 0.500. The Morgan fingerprint density at radius 3 is 2.41 bits per heavy atom. The van der Waals surface area contributed by atoms with Crippen LogP contribution in [-0.4, -0.2) is 55.6 Å². The maximum atomic E-state index is 15.0. The van der Waals surface area contributed by atoms with Gasteiger partial charge in [0.15, 0.2) is 23.0 Å². The molecule has 3 aromatic heterocycles. The number of fused-ring (bicyclic) bond motifs is 1. The van der Waals surface area contributed by atoms with Gasteiger partial charge in [0, 0.05) is 30.9 Å². The largest absolute Gasteiger partial charge is 0.433 e. The van der Waals surface area contributed by atoms with Crippen molar-refractivity contribution in [3.05, 3.63) is 57.1 Å². The zero-order valence-corrected chi connectivity index (χ0v) is 21.8. The molecule has 1 saturated carbocycles. The molecule has 2 aliphatic rings. The summed E-state index contributed by atoms with van der Waals surface area (Å²) in [5, 5.41) is 2.60. The van der Waals surface area contributed by atoms with E-state index in [2.05, 4.69) is 20.3 Å². The SMILES string of the molecule is Cc1nc2nc(C(F)(F)F)c(C(C)Nc3ncc(C(=O)N4CC(C)OC(C)C4)cc3F)cc2c(=O)n1C1CC1. The molecule has 0 bridgehead atoms. The normalized spacial score (nSPS) is 20.8. The van der Waals surface area contributed by atoms with Crippen LogP contribution in [0.15, 0.2) is 23.1 Å². The number of aryl methyl sites for hydroxylation is 1. The number of carbonyl (C=O) groups excluding carboxylic acids is 1. The molecule has 9 nitrogen and oxygen atoms in total. The number of morpholine rings is 1. The number of nitrogens with one attached hydrogen (secondary N) is 1. The molecule has 4 heterocycles. The van der Waals surface area contributed by atoms with Crippen LogP contribution in [-0.2, 0) is 10.9 Å². The predicted octanol–water partition coefficient (Wildman–Crippen LogP) is 4.41. The van der Waals surface area contributed by atoms with E-state index < -0.39 is 35.2 Å². The third kappa shape index (κ3) is 5.32. The van der Waals surface area contributed by atoms with Crippen molar-refractivity contribution in [2.75, 3.05) is 18.4 Å². The number of pyridine rings is 2. The number of halogens is 4. The summed E-state index contributed by atoms with van der Waals surface area (Å²) >= 11 is 0. The number of carbonyl (C=O) groups is 1. The summed E-state index contributed by atoms with van der Waals surface area (Å²) in [6, 6.07) is 0.948. The average molecular weight is 549 g/mol. The van der Waals surface area contributed by atoms with Crippen LogP contribution in [0.1, 0.15) is 73.1 Å². The second kappa shape index (κ2) is 9.85. The summed E-state index contributed by atoms with van der Waals surface area (Å²) < 4.78 is 64.1. The molecule has 1 aliphatic heterocycles. The lowest BCUT2D eigenvalue weighted by Gasteiger charge is -2.35. The average Bonchev–Trinajstić information content (AvgIpc) is 3.68. The summed E-state index contributed by atoms with van der Waals surface area (Å²) in [5.41, 5.74) is -2.33. The maximum absolute atomic E-state index is 15.0. The fourth-order valence-electron chi connectivity index (χ4n) is 5.04. The smallest absolute Gasteiger partial charge is 0.372 e. The van der Waals surface area contributed by atoms with Crippen molar-refractivity contribution in [3.8, 4) is 0 Å². The van der Waals surface area contributed by atoms with Crippen LogP contribution in [0.3, 0.4) is 0 Å². The summed E-state index contributed by atoms with van der Waals surface area (Å²) in [7, 11) is 0. The van der Waals surface area contributed by atoms with E-state index in [-0.39, 0.29) is 46.2 Å². The standard InChI is InChI=1S/C26H28F4N6O3/c1-12-10-35(11-13(2)39-12)24(37)16-7-20(27)23(31-9-16)32-14(3)18-8-19-22(34-21(18)26(28,29)30)33-15(4)36(25(19)38)17-5-6-17/h7-9,12-14,17H,5-6,10-11H2,1-4H3,(H,31,32). The molecular formula is C26H28F4N6O3. The van der Waals surface area contributed by atoms with Crippen molar-refractivity contribution >= 4 is 22.8 Å². The third-order valence-corrected chi connectivity index (χ3v) is 6.89. The van der Waals surface area contributed by atoms with Gasteiger partial charge in [0.1, 0.15) is 5.82 Å². The number of hydrogen-bond donors (Lipinski definition) is 1. The molecule has 3 atom stereocenters. The molecule has 0 radical (unpaired) electrons. The Morgan fingerprint density at radius 1 is 1.15 bits per heavy atom. The van der Waals surface area contributed by atoms with Gasteiger partial charge in [-0.05, 0) is 52.7 Å². The van der Waals surface area contributed by atoms with Crippen molar-refractivity contribution in [2.24, 2.45) is 0 Å². The number of hydrogen-bond acceptors (Lipinski definition) is 7. The van der Waals surface area contributed by atoms with E-state index in [0.29, 0.717) is 18.9 Å². The van der Waals surface area contributed by atoms with E-state index in [0.717, 1.165) is 25.0 Å². The number of ether oxygens (including phenoxy) is 1. The van der Waals surface area contributed by atoms with Crippen LogP contribution in [0.25, 0.3) is 11.0 Å². The highest BCUT2D eigenvalue weighted by atomic mass is 19.4. The lowest BCUT2D eigenvalue weighted by Crippen LogP contribution is -2.48. The molecule has 1 amide bonds. The van der Waals surface area contributed by atoms with Gasteiger partial charge in [-0.15, -0.1) is 0 Å². The minimum Gasteiger partial charge on any atom is -0.372 e. The molecule has 1 N–H and O–H groups in total. The van der Waals surface area contributed by atoms with E-state index in [1.807, 2.05) is 13.8 Å². The number of nitrogens with zero attached hydrogens (tertiary/aromatic N) is 5. The first-order valence-corrected chi connectivity index (χ1v) is 12.7. The fourth-order valence-corrected chi connectivity index (χ4v) is 5.04. The first-order chi connectivity index (χ1) is 18.3. The van der Waals surface area contributed by atoms with Gasteiger partial charge in [0.05, 0.1) is 29.2 Å². The Hall–Kier alpha value is -3.61. The zero-order valence-electron chi connectivity index (χ0n) is 21.8. The molecule has 3 aromatic rings. The van der Waals surface area contributed by atoms with Gasteiger partial charge in [-0.3, -0.25) is 14.2 Å². The molecule has 1 saturated heterocycles. The Labute approximate surface area is 221 Å². The van der Waals surface area contributed by atoms with Gasteiger partial charge in [-0.1, -0.05) is 0 Å². The molecule has 0 spiro atoms. The van der Waals surface area contributed by atoms with Crippen molar-refractivity contribution < 1.29 is 27.1 Å². The van der Waals surface area contributed by atoms with Gasteiger partial charge >= 0.3 is 6.18 Å². The lowest BCUT2D eigenvalue weighted by molar-refractivity contribution is -0.141. The summed E-state index contributed by atoms with van der Waals surface area (Å²) in [6.45, 7) is 7.30. The Balaban J connectivity index is 1.46. The first-order valence-electron chi connectivity index (χ1n) is 12.7. The lowest BCUT2D eigenvalue weighted by atomic mass is 10.0. The van der Waals surface area contributed by atoms with Crippen LogP contribution >= 0.6 is 0 Å². The van der Waals surface area contributed by atoms with Crippen molar-refractivity contribution in [2.45, 2.75) is 71.0 Å². The summed E-state index contributed by atoms with van der Waals surface area (Å²) in [6.07, 6.45) is -2.45. The summed E-state index contributed by atoms with van der Waals surface area (Å²) in [4.78, 5) is 39.4. The number of rotatable bonds is 5. The summed E-state index contributed by atoms with van der Waals surface area (Å²) in [5.74, 6) is -1.36. The van der Waals surface area contributed by atoms with Gasteiger partial charge in [0.25, 0.3) is 11.5 Å². The molecule has 1 aliphatic carbocycles. The van der Waals surface area contributed by atoms with Crippen molar-refractivity contribution in [1.82, 2.24) is 24.4 Å². The minimum atomic E-state index is -4.85. The highest BCUT2D eigenvalue weighted by Gasteiger charge is 2.38. The quantitative estimate of drug-likeness (QED) is 0.472. The maximum Gasteiger partial charge on any atom is 0.433 e. The molecule has 39 heavy (non-hydrogen) atoms. The molecule has 0 aromatic carbocycles. The van der Waals surface area contributed by atoms with E-state index >= 15 is 4.39 Å². The topological polar surface area (TPSA) is 102 Å². The van der Waals surface area contributed by atoms with Crippen LogP contribution in [0.5, 0.6) is 0 Å². The van der Waals surface area contributed by atoms with Gasteiger partial charge in [-0.2, -0.15) is 13.2 Å². The highest BCUT2D eigenvalue weighted by molar-refractivity contribution is 5.94. The molecule has 2 fully saturated rings. The van der Waals surface area contributed by atoms with E-state index in [1.165, 1.54) is 17.7 Å². The number of alkyl halides is 3. The Morgan fingerprint density at radius 2 is 1.82 bits per heavy atom.